The molecular weight excluding hydrogens is 450 g/mol. The number of aryl methyl sites for hydroxylation is 1. The summed E-state index contributed by atoms with van der Waals surface area (Å²) in [5.74, 6) is 1.87. The number of hydrogen-bond donors (Lipinski definition) is 1. The lowest BCUT2D eigenvalue weighted by Crippen LogP contribution is -2.46. The number of piperazine rings is 1. The number of hydrogen-bond acceptors (Lipinski definition) is 7. The van der Waals surface area contributed by atoms with E-state index in [0.29, 0.717) is 24.1 Å². The minimum atomic E-state index is 0.557. The first-order valence-corrected chi connectivity index (χ1v) is 12.3. The third-order valence-corrected chi connectivity index (χ3v) is 6.77. The number of aromatic nitrogens is 4. The van der Waals surface area contributed by atoms with Crippen molar-refractivity contribution in [3.63, 3.8) is 0 Å². The molecule has 4 heterocycles. The Hall–Kier alpha value is -4.17. The Balaban J connectivity index is 1.24. The lowest BCUT2D eigenvalue weighted by molar-refractivity contribution is 0.250. The number of para-hydroxylation sites is 1. The van der Waals surface area contributed by atoms with E-state index in [4.69, 9.17) is 19.5 Å². The Kier molecular flexibility index (Phi) is 6.09. The largest absolute Gasteiger partial charge is 0.461 e. The summed E-state index contributed by atoms with van der Waals surface area (Å²) in [7, 11) is 0. The van der Waals surface area contributed by atoms with Gasteiger partial charge in [0.25, 0.3) is 0 Å². The fraction of sp³-hybridized carbons (Fsp3) is 0.250. The summed E-state index contributed by atoms with van der Waals surface area (Å²) >= 11 is 0. The second kappa shape index (κ2) is 9.83. The normalized spacial score (nSPS) is 14.4. The van der Waals surface area contributed by atoms with Gasteiger partial charge in [-0.25, -0.2) is 9.97 Å². The summed E-state index contributed by atoms with van der Waals surface area (Å²) in [4.78, 5) is 14.5. The maximum atomic E-state index is 5.58. The first-order chi connectivity index (χ1) is 17.7. The fourth-order valence-corrected chi connectivity index (χ4v) is 4.69. The maximum absolute atomic E-state index is 5.58. The minimum Gasteiger partial charge on any atom is -0.461 e. The van der Waals surface area contributed by atoms with Gasteiger partial charge in [0.2, 0.25) is 11.8 Å². The molecule has 0 aliphatic carbocycles. The molecule has 1 saturated heterocycles. The molecule has 6 rings (SSSR count). The van der Waals surface area contributed by atoms with E-state index in [1.807, 2.05) is 22.8 Å². The van der Waals surface area contributed by atoms with Gasteiger partial charge in [-0.2, -0.15) is 4.52 Å². The van der Waals surface area contributed by atoms with Gasteiger partial charge in [0.15, 0.2) is 11.4 Å². The Morgan fingerprint density at radius 3 is 2.47 bits per heavy atom. The van der Waals surface area contributed by atoms with Crippen LogP contribution in [0.15, 0.2) is 83.6 Å². The van der Waals surface area contributed by atoms with Gasteiger partial charge in [0.1, 0.15) is 0 Å². The van der Waals surface area contributed by atoms with Crippen molar-refractivity contribution in [2.24, 2.45) is 0 Å². The van der Waals surface area contributed by atoms with E-state index in [1.165, 1.54) is 16.8 Å². The number of benzene rings is 2. The van der Waals surface area contributed by atoms with Crippen molar-refractivity contribution in [2.45, 2.75) is 20.0 Å². The average molecular weight is 480 g/mol. The molecule has 36 heavy (non-hydrogen) atoms. The Morgan fingerprint density at radius 1 is 0.889 bits per heavy atom. The van der Waals surface area contributed by atoms with Crippen molar-refractivity contribution in [3.05, 3.63) is 95.9 Å². The van der Waals surface area contributed by atoms with Crippen LogP contribution in [0.25, 0.3) is 17.2 Å². The van der Waals surface area contributed by atoms with Crippen molar-refractivity contribution in [1.82, 2.24) is 24.5 Å². The molecule has 0 bridgehead atoms. The predicted octanol–water partition coefficient (Wildman–Crippen LogP) is 4.63. The Bertz CT molecular complexity index is 1440. The number of fused-ring (bicyclic) bond motifs is 1. The van der Waals surface area contributed by atoms with Gasteiger partial charge in [-0.05, 0) is 42.3 Å². The summed E-state index contributed by atoms with van der Waals surface area (Å²) < 4.78 is 7.39. The van der Waals surface area contributed by atoms with Gasteiger partial charge in [0.05, 0.1) is 6.26 Å². The van der Waals surface area contributed by atoms with Crippen LogP contribution in [0, 0.1) is 6.92 Å². The van der Waals surface area contributed by atoms with Gasteiger partial charge in [-0.1, -0.05) is 42.5 Å². The van der Waals surface area contributed by atoms with E-state index in [1.54, 1.807) is 6.26 Å². The molecule has 0 saturated carbocycles. The van der Waals surface area contributed by atoms with Crippen LogP contribution in [-0.4, -0.2) is 50.7 Å². The minimum absolute atomic E-state index is 0.557. The fourth-order valence-electron chi connectivity index (χ4n) is 4.69. The smallest absolute Gasteiger partial charge is 0.226 e. The quantitative estimate of drug-likeness (QED) is 0.365. The molecule has 0 spiro atoms. The molecule has 8 heteroatoms. The summed E-state index contributed by atoms with van der Waals surface area (Å²) in [5.41, 5.74) is 5.59. The van der Waals surface area contributed by atoms with Crippen molar-refractivity contribution in [2.75, 3.05) is 36.4 Å². The van der Waals surface area contributed by atoms with Crippen molar-refractivity contribution in [3.8, 4) is 11.6 Å². The number of furan rings is 1. The standard InChI is InChI=1S/C28H29N7O/c1-21-8-5-6-9-22(21)18-29-28-30-19-23(27-31-26(32-35(27)28)25-12-7-17-36-25)20-33-13-15-34(16-14-33)24-10-3-2-4-11-24/h2-12,17,19H,13-16,18,20H2,1H3,(H,29,30). The zero-order valence-electron chi connectivity index (χ0n) is 20.3. The Labute approximate surface area is 210 Å². The van der Waals surface area contributed by atoms with E-state index >= 15 is 0 Å². The van der Waals surface area contributed by atoms with Gasteiger partial charge in [0, 0.05) is 56.7 Å². The molecule has 3 aromatic heterocycles. The number of rotatable bonds is 7. The van der Waals surface area contributed by atoms with Gasteiger partial charge >= 0.3 is 0 Å². The van der Waals surface area contributed by atoms with Crippen LogP contribution in [0.1, 0.15) is 16.7 Å². The molecule has 8 nitrogen and oxygen atoms in total. The molecule has 182 valence electrons. The molecule has 1 fully saturated rings. The molecule has 1 N–H and O–H groups in total. The zero-order chi connectivity index (χ0) is 24.3. The van der Waals surface area contributed by atoms with Crippen molar-refractivity contribution >= 4 is 17.3 Å². The second-order valence-electron chi connectivity index (χ2n) is 9.13. The van der Waals surface area contributed by atoms with E-state index in [-0.39, 0.29) is 0 Å². The summed E-state index contributed by atoms with van der Waals surface area (Å²) in [6, 6.07) is 22.7. The van der Waals surface area contributed by atoms with E-state index in [2.05, 4.69) is 76.6 Å². The second-order valence-corrected chi connectivity index (χ2v) is 9.13. The lowest BCUT2D eigenvalue weighted by Gasteiger charge is -2.36. The summed E-state index contributed by atoms with van der Waals surface area (Å²) in [6.45, 7) is 7.49. The van der Waals surface area contributed by atoms with Crippen LogP contribution in [0.3, 0.4) is 0 Å². The van der Waals surface area contributed by atoms with Gasteiger partial charge in [-0.3, -0.25) is 4.90 Å². The molecule has 0 unspecified atom stereocenters. The van der Waals surface area contributed by atoms with Crippen LogP contribution in [0.4, 0.5) is 11.6 Å². The number of nitrogens with one attached hydrogen (secondary N) is 1. The van der Waals surface area contributed by atoms with E-state index in [9.17, 15) is 0 Å². The molecule has 5 aromatic rings. The highest BCUT2D eigenvalue weighted by Crippen LogP contribution is 2.23. The van der Waals surface area contributed by atoms with Crippen LogP contribution in [-0.2, 0) is 13.1 Å². The molecule has 1 aliphatic heterocycles. The molecule has 2 aromatic carbocycles. The molecule has 0 atom stereocenters. The zero-order valence-corrected chi connectivity index (χ0v) is 20.3. The van der Waals surface area contributed by atoms with Crippen LogP contribution in [0.2, 0.25) is 0 Å². The molecule has 0 amide bonds. The lowest BCUT2D eigenvalue weighted by atomic mass is 10.1. The SMILES string of the molecule is Cc1ccccc1CNc1ncc(CN2CCN(c3ccccc3)CC2)c2nc(-c3ccco3)nn12. The van der Waals surface area contributed by atoms with Crippen LogP contribution < -0.4 is 10.2 Å². The third kappa shape index (κ3) is 4.55. The monoisotopic (exact) mass is 479 g/mol. The topological polar surface area (TPSA) is 74.7 Å². The first-order valence-electron chi connectivity index (χ1n) is 12.3. The van der Waals surface area contributed by atoms with E-state index in [0.717, 1.165) is 43.9 Å². The average Bonchev–Trinajstić information content (AvgIpc) is 3.61. The van der Waals surface area contributed by atoms with Gasteiger partial charge < -0.3 is 14.6 Å². The predicted molar refractivity (Wildman–Crippen MR) is 141 cm³/mol. The van der Waals surface area contributed by atoms with Gasteiger partial charge in [-0.15, -0.1) is 5.10 Å². The first kappa shape index (κ1) is 22.3. The summed E-state index contributed by atoms with van der Waals surface area (Å²) in [5, 5.41) is 8.21. The highest BCUT2D eigenvalue weighted by Gasteiger charge is 2.21. The maximum Gasteiger partial charge on any atom is 0.226 e. The third-order valence-electron chi connectivity index (χ3n) is 6.77. The number of anilines is 2. The molecule has 1 aliphatic rings. The summed E-state index contributed by atoms with van der Waals surface area (Å²) in [6.07, 6.45) is 3.57. The van der Waals surface area contributed by atoms with Crippen molar-refractivity contribution in [1.29, 1.82) is 0 Å². The van der Waals surface area contributed by atoms with Crippen molar-refractivity contribution < 1.29 is 4.42 Å². The van der Waals surface area contributed by atoms with E-state index < -0.39 is 0 Å². The highest BCUT2D eigenvalue weighted by molar-refractivity contribution is 5.58. The highest BCUT2D eigenvalue weighted by atomic mass is 16.3. The molecule has 0 radical (unpaired) electrons. The molecular formula is C28H29N7O. The van der Waals surface area contributed by atoms with Crippen LogP contribution in [0.5, 0.6) is 0 Å². The number of nitrogens with zero attached hydrogens (tertiary/aromatic N) is 6. The van der Waals surface area contributed by atoms with Crippen LogP contribution >= 0.6 is 0 Å². The Morgan fingerprint density at radius 2 is 1.69 bits per heavy atom.